The van der Waals surface area contributed by atoms with Gasteiger partial charge in [0, 0.05) is 10.9 Å². The minimum Gasteiger partial charge on any atom is -0.494 e. The standard InChI is InChI=1S/C17H21Br2NO4/c1-5-20(6-2)7-8-23-17(21)14-10(3)11-9-12(18)16(22-4)13(19)15(11)24-14/h9H,5-8H2,1-4H3/p+1. The zero-order chi connectivity index (χ0) is 17.9. The summed E-state index contributed by atoms with van der Waals surface area (Å²) in [6, 6.07) is 1.88. The summed E-state index contributed by atoms with van der Waals surface area (Å²) < 4.78 is 18.0. The first-order valence-electron chi connectivity index (χ1n) is 7.90. The van der Waals surface area contributed by atoms with E-state index in [1.165, 1.54) is 4.90 Å². The van der Waals surface area contributed by atoms with E-state index in [1.54, 1.807) is 7.11 Å². The van der Waals surface area contributed by atoms with Crippen LogP contribution in [-0.4, -0.2) is 39.3 Å². The van der Waals surface area contributed by atoms with Crippen LogP contribution in [0, 0.1) is 6.92 Å². The van der Waals surface area contributed by atoms with E-state index in [4.69, 9.17) is 13.9 Å². The van der Waals surface area contributed by atoms with Crippen LogP contribution in [0.1, 0.15) is 30.0 Å². The third kappa shape index (κ3) is 3.78. The summed E-state index contributed by atoms with van der Waals surface area (Å²) in [7, 11) is 1.58. The molecule has 0 atom stereocenters. The van der Waals surface area contributed by atoms with Crippen LogP contribution in [0.3, 0.4) is 0 Å². The van der Waals surface area contributed by atoms with Gasteiger partial charge in [-0.25, -0.2) is 4.79 Å². The molecule has 0 saturated carbocycles. The average molecular weight is 464 g/mol. The number of hydrogen-bond donors (Lipinski definition) is 1. The Bertz CT molecular complexity index is 738. The minimum absolute atomic E-state index is 0.236. The van der Waals surface area contributed by atoms with Crippen molar-refractivity contribution in [2.24, 2.45) is 0 Å². The van der Waals surface area contributed by atoms with Gasteiger partial charge < -0.3 is 18.8 Å². The van der Waals surface area contributed by atoms with Crippen LogP contribution in [0.15, 0.2) is 19.4 Å². The van der Waals surface area contributed by atoms with Crippen LogP contribution in [0.2, 0.25) is 0 Å². The predicted molar refractivity (Wildman–Crippen MR) is 100 cm³/mol. The van der Waals surface area contributed by atoms with E-state index in [9.17, 15) is 4.79 Å². The minimum atomic E-state index is -0.433. The second kappa shape index (κ2) is 8.36. The van der Waals surface area contributed by atoms with Gasteiger partial charge in [0.2, 0.25) is 5.76 Å². The number of quaternary nitrogens is 1. The molecule has 0 aliphatic carbocycles. The zero-order valence-corrected chi connectivity index (χ0v) is 17.5. The summed E-state index contributed by atoms with van der Waals surface area (Å²) in [5, 5.41) is 0.843. The molecular formula is C17H22Br2NO4+. The fourth-order valence-corrected chi connectivity index (χ4v) is 4.13. The number of carbonyl (C=O) groups excluding carboxylic acids is 1. The number of ether oxygens (including phenoxy) is 2. The van der Waals surface area contributed by atoms with Crippen molar-refractivity contribution < 1.29 is 23.6 Å². The van der Waals surface area contributed by atoms with Crippen molar-refractivity contribution in [1.29, 1.82) is 0 Å². The molecule has 2 aromatic rings. The predicted octanol–water partition coefficient (Wildman–Crippen LogP) is 3.36. The number of hydrogen-bond acceptors (Lipinski definition) is 4. The largest absolute Gasteiger partial charge is 0.494 e. The SMILES string of the molecule is CC[NH+](CC)CCOC(=O)c1oc2c(Br)c(OC)c(Br)cc2c1C. The Balaban J connectivity index is 2.25. The Labute approximate surface area is 158 Å². The highest BCUT2D eigenvalue weighted by molar-refractivity contribution is 9.11. The highest BCUT2D eigenvalue weighted by atomic mass is 79.9. The van der Waals surface area contributed by atoms with E-state index in [1.807, 2.05) is 13.0 Å². The zero-order valence-electron chi connectivity index (χ0n) is 14.3. The molecule has 1 aromatic heterocycles. The number of likely N-dealkylation sites (N-methyl/N-ethyl adjacent to an activating group) is 1. The van der Waals surface area contributed by atoms with Gasteiger partial charge in [0.05, 0.1) is 24.7 Å². The molecule has 0 bridgehead atoms. The molecule has 0 radical (unpaired) electrons. The van der Waals surface area contributed by atoms with Crippen LogP contribution in [0.4, 0.5) is 0 Å². The maximum absolute atomic E-state index is 12.4. The van der Waals surface area contributed by atoms with Crippen molar-refractivity contribution in [3.8, 4) is 5.75 Å². The second-order valence-electron chi connectivity index (χ2n) is 5.48. The molecule has 0 unspecified atom stereocenters. The van der Waals surface area contributed by atoms with Gasteiger partial charge in [-0.05, 0) is 58.7 Å². The third-order valence-electron chi connectivity index (χ3n) is 4.16. The Kier molecular flexibility index (Phi) is 6.71. The lowest BCUT2D eigenvalue weighted by molar-refractivity contribution is -0.896. The molecular weight excluding hydrogens is 442 g/mol. The van der Waals surface area contributed by atoms with Crippen LogP contribution >= 0.6 is 31.9 Å². The number of rotatable bonds is 7. The van der Waals surface area contributed by atoms with Gasteiger partial charge in [0.15, 0.2) is 11.3 Å². The topological polar surface area (TPSA) is 53.1 Å². The molecule has 7 heteroatoms. The van der Waals surface area contributed by atoms with Crippen molar-refractivity contribution >= 4 is 48.8 Å². The Morgan fingerprint density at radius 3 is 2.54 bits per heavy atom. The van der Waals surface area contributed by atoms with Gasteiger partial charge in [0.25, 0.3) is 0 Å². The maximum Gasteiger partial charge on any atom is 0.374 e. The van der Waals surface area contributed by atoms with E-state index in [0.29, 0.717) is 22.4 Å². The van der Waals surface area contributed by atoms with Crippen LogP contribution in [0.25, 0.3) is 11.0 Å². The molecule has 1 heterocycles. The molecule has 1 N–H and O–H groups in total. The van der Waals surface area contributed by atoms with Crippen LogP contribution in [0.5, 0.6) is 5.75 Å². The van der Waals surface area contributed by atoms with E-state index in [2.05, 4.69) is 45.7 Å². The first-order chi connectivity index (χ1) is 11.4. The smallest absolute Gasteiger partial charge is 0.374 e. The monoisotopic (exact) mass is 462 g/mol. The quantitative estimate of drug-likeness (QED) is 0.639. The van der Waals surface area contributed by atoms with Gasteiger partial charge in [-0.3, -0.25) is 0 Å². The third-order valence-corrected chi connectivity index (χ3v) is 5.47. The van der Waals surface area contributed by atoms with E-state index in [-0.39, 0.29) is 5.76 Å². The number of nitrogens with one attached hydrogen (secondary N) is 1. The van der Waals surface area contributed by atoms with Crippen molar-refractivity contribution in [3.63, 3.8) is 0 Å². The summed E-state index contributed by atoms with van der Waals surface area (Å²) >= 11 is 6.94. The fraction of sp³-hybridized carbons (Fsp3) is 0.471. The number of esters is 1. The first kappa shape index (κ1) is 19.3. The molecule has 5 nitrogen and oxygen atoms in total. The van der Waals surface area contributed by atoms with E-state index < -0.39 is 5.97 Å². The molecule has 0 spiro atoms. The average Bonchev–Trinajstić information content (AvgIpc) is 2.89. The number of furan rings is 1. The second-order valence-corrected chi connectivity index (χ2v) is 7.13. The molecule has 24 heavy (non-hydrogen) atoms. The Morgan fingerprint density at radius 1 is 1.29 bits per heavy atom. The molecule has 132 valence electrons. The molecule has 0 aliphatic heterocycles. The maximum atomic E-state index is 12.4. The lowest BCUT2D eigenvalue weighted by atomic mass is 10.1. The summed E-state index contributed by atoms with van der Waals surface area (Å²) in [5.74, 6) is 0.430. The summed E-state index contributed by atoms with van der Waals surface area (Å²) in [6.45, 7) is 9.28. The molecule has 0 saturated heterocycles. The number of methoxy groups -OCH3 is 1. The number of carbonyl (C=O) groups is 1. The summed E-state index contributed by atoms with van der Waals surface area (Å²) in [4.78, 5) is 13.7. The molecule has 1 aromatic carbocycles. The first-order valence-corrected chi connectivity index (χ1v) is 9.48. The van der Waals surface area contributed by atoms with Crippen molar-refractivity contribution in [2.45, 2.75) is 20.8 Å². The molecule has 0 amide bonds. The number of benzene rings is 1. The van der Waals surface area contributed by atoms with Gasteiger partial charge in [-0.1, -0.05) is 0 Å². The highest BCUT2D eigenvalue weighted by Gasteiger charge is 2.23. The van der Waals surface area contributed by atoms with Gasteiger partial charge in [-0.15, -0.1) is 0 Å². The van der Waals surface area contributed by atoms with Crippen molar-refractivity contribution in [1.82, 2.24) is 0 Å². The summed E-state index contributed by atoms with van der Waals surface area (Å²) in [6.07, 6.45) is 0. The number of aryl methyl sites for hydroxylation is 1. The molecule has 0 fully saturated rings. The number of halogens is 2. The van der Waals surface area contributed by atoms with Crippen molar-refractivity contribution in [2.75, 3.05) is 33.4 Å². The lowest BCUT2D eigenvalue weighted by Gasteiger charge is -2.14. The van der Waals surface area contributed by atoms with Gasteiger partial charge in [0.1, 0.15) is 17.6 Å². The lowest BCUT2D eigenvalue weighted by Crippen LogP contribution is -3.11. The molecule has 0 aliphatic rings. The highest BCUT2D eigenvalue weighted by Crippen LogP contribution is 2.42. The van der Waals surface area contributed by atoms with Crippen LogP contribution in [-0.2, 0) is 4.74 Å². The number of fused-ring (bicyclic) bond motifs is 1. The fourth-order valence-electron chi connectivity index (χ4n) is 2.60. The molecule has 2 rings (SSSR count). The van der Waals surface area contributed by atoms with Crippen LogP contribution < -0.4 is 9.64 Å². The van der Waals surface area contributed by atoms with Gasteiger partial charge >= 0.3 is 5.97 Å². The van der Waals surface area contributed by atoms with Crippen molar-refractivity contribution in [3.05, 3.63) is 26.3 Å². The van der Waals surface area contributed by atoms with E-state index in [0.717, 1.165) is 35.1 Å². The normalized spacial score (nSPS) is 11.3. The van der Waals surface area contributed by atoms with E-state index >= 15 is 0 Å². The van der Waals surface area contributed by atoms with Gasteiger partial charge in [-0.2, -0.15) is 0 Å². The Hall–Kier alpha value is -1.05. The summed E-state index contributed by atoms with van der Waals surface area (Å²) in [5.41, 5.74) is 1.34. The Morgan fingerprint density at radius 2 is 1.96 bits per heavy atom.